The third-order valence-corrected chi connectivity index (χ3v) is 4.54. The van der Waals surface area contributed by atoms with Crippen molar-refractivity contribution in [2.75, 3.05) is 0 Å². The number of fused-ring (bicyclic) bond motifs is 1. The van der Waals surface area contributed by atoms with Crippen LogP contribution in [-0.4, -0.2) is 9.97 Å². The van der Waals surface area contributed by atoms with Gasteiger partial charge in [-0.3, -0.25) is 4.98 Å². The monoisotopic (exact) mass is 294 g/mol. The molecule has 1 aromatic carbocycles. The van der Waals surface area contributed by atoms with Gasteiger partial charge in [0.05, 0.1) is 11.2 Å². The molecule has 0 aliphatic carbocycles. The maximum Gasteiger partial charge on any atom is 0.100 e. The number of nitrogens with zero attached hydrogens (tertiary/aromatic N) is 2. The summed E-state index contributed by atoms with van der Waals surface area (Å²) < 4.78 is 0. The summed E-state index contributed by atoms with van der Waals surface area (Å²) in [5.74, 6) is 0.859. The number of thioether (sulfide) groups is 1. The SMILES string of the molecule is CCc1cc2ccc(C)cc2nc1SCc1ccccn1. The second-order valence-electron chi connectivity index (χ2n) is 5.11. The molecule has 21 heavy (non-hydrogen) atoms. The first kappa shape index (κ1) is 14.1. The van der Waals surface area contributed by atoms with Gasteiger partial charge in [-0.25, -0.2) is 4.98 Å². The van der Waals surface area contributed by atoms with Crippen LogP contribution in [-0.2, 0) is 12.2 Å². The minimum atomic E-state index is 0.859. The molecule has 0 N–H and O–H groups in total. The van der Waals surface area contributed by atoms with Crippen LogP contribution in [0.5, 0.6) is 0 Å². The largest absolute Gasteiger partial charge is 0.260 e. The molecule has 0 radical (unpaired) electrons. The number of rotatable bonds is 4. The summed E-state index contributed by atoms with van der Waals surface area (Å²) in [5.41, 5.74) is 4.73. The van der Waals surface area contributed by atoms with Crippen LogP contribution in [0, 0.1) is 6.92 Å². The van der Waals surface area contributed by atoms with E-state index < -0.39 is 0 Å². The molecule has 2 heterocycles. The van der Waals surface area contributed by atoms with E-state index in [4.69, 9.17) is 4.98 Å². The maximum absolute atomic E-state index is 4.86. The van der Waals surface area contributed by atoms with E-state index in [1.807, 2.05) is 18.3 Å². The lowest BCUT2D eigenvalue weighted by Gasteiger charge is -2.09. The van der Waals surface area contributed by atoms with E-state index in [0.717, 1.165) is 28.4 Å². The van der Waals surface area contributed by atoms with Crippen molar-refractivity contribution in [3.63, 3.8) is 0 Å². The fourth-order valence-corrected chi connectivity index (χ4v) is 3.31. The van der Waals surface area contributed by atoms with Gasteiger partial charge >= 0.3 is 0 Å². The molecule has 0 atom stereocenters. The molecule has 3 rings (SSSR count). The number of hydrogen-bond acceptors (Lipinski definition) is 3. The van der Waals surface area contributed by atoms with Crippen molar-refractivity contribution in [2.45, 2.75) is 31.0 Å². The van der Waals surface area contributed by atoms with Gasteiger partial charge in [-0.15, -0.1) is 0 Å². The molecule has 0 saturated carbocycles. The molecule has 2 nitrogen and oxygen atoms in total. The number of pyridine rings is 2. The second-order valence-corrected chi connectivity index (χ2v) is 6.08. The number of aromatic nitrogens is 2. The quantitative estimate of drug-likeness (QED) is 0.647. The minimum Gasteiger partial charge on any atom is -0.260 e. The van der Waals surface area contributed by atoms with Gasteiger partial charge in [0.1, 0.15) is 5.03 Å². The number of benzene rings is 1. The molecular weight excluding hydrogens is 276 g/mol. The topological polar surface area (TPSA) is 25.8 Å². The molecular formula is C18H18N2S. The van der Waals surface area contributed by atoms with Gasteiger partial charge in [0, 0.05) is 17.3 Å². The van der Waals surface area contributed by atoms with Gasteiger partial charge < -0.3 is 0 Å². The second kappa shape index (κ2) is 6.27. The molecule has 0 amide bonds. The maximum atomic E-state index is 4.86. The molecule has 3 heteroatoms. The Bertz CT molecular complexity index is 754. The van der Waals surface area contributed by atoms with Gasteiger partial charge in [0.25, 0.3) is 0 Å². The summed E-state index contributed by atoms with van der Waals surface area (Å²) in [5, 5.41) is 2.35. The first-order valence-electron chi connectivity index (χ1n) is 7.19. The van der Waals surface area contributed by atoms with Gasteiger partial charge in [-0.1, -0.05) is 36.9 Å². The highest BCUT2D eigenvalue weighted by Crippen LogP contribution is 2.28. The van der Waals surface area contributed by atoms with Gasteiger partial charge in [0.2, 0.25) is 0 Å². The summed E-state index contributed by atoms with van der Waals surface area (Å²) in [6, 6.07) is 14.8. The predicted molar refractivity (Wildman–Crippen MR) is 89.7 cm³/mol. The zero-order valence-corrected chi connectivity index (χ0v) is 13.2. The van der Waals surface area contributed by atoms with Crippen LogP contribution in [0.3, 0.4) is 0 Å². The Kier molecular flexibility index (Phi) is 4.20. The third-order valence-electron chi connectivity index (χ3n) is 3.48. The highest BCUT2D eigenvalue weighted by atomic mass is 32.2. The van der Waals surface area contributed by atoms with Crippen LogP contribution in [0.4, 0.5) is 0 Å². The Morgan fingerprint density at radius 3 is 2.76 bits per heavy atom. The van der Waals surface area contributed by atoms with E-state index in [1.165, 1.54) is 16.5 Å². The fraction of sp³-hybridized carbons (Fsp3) is 0.222. The highest BCUT2D eigenvalue weighted by Gasteiger charge is 2.07. The molecule has 0 aliphatic heterocycles. The predicted octanol–water partition coefficient (Wildman–Crippen LogP) is 4.79. The standard InChI is InChI=1S/C18H18N2S/c1-3-14-11-15-8-7-13(2)10-17(15)20-18(14)21-12-16-6-4-5-9-19-16/h4-11H,3,12H2,1-2H3. The molecule has 0 aliphatic rings. The molecule has 0 bridgehead atoms. The van der Waals surface area contributed by atoms with Gasteiger partial charge in [0.15, 0.2) is 0 Å². The lowest BCUT2D eigenvalue weighted by Crippen LogP contribution is -1.93. The van der Waals surface area contributed by atoms with Crippen molar-refractivity contribution in [3.8, 4) is 0 Å². The van der Waals surface area contributed by atoms with Gasteiger partial charge in [-0.05, 0) is 48.7 Å². The minimum absolute atomic E-state index is 0.859. The lowest BCUT2D eigenvalue weighted by atomic mass is 10.1. The number of aryl methyl sites for hydroxylation is 2. The fourth-order valence-electron chi connectivity index (χ4n) is 2.31. The third kappa shape index (κ3) is 3.24. The molecule has 0 spiro atoms. The van der Waals surface area contributed by atoms with Crippen molar-refractivity contribution in [3.05, 3.63) is 65.5 Å². The molecule has 0 fully saturated rings. The average molecular weight is 294 g/mol. The van der Waals surface area contributed by atoms with E-state index in [9.17, 15) is 0 Å². The van der Waals surface area contributed by atoms with Crippen LogP contribution < -0.4 is 0 Å². The Labute approximate surface area is 129 Å². The summed E-state index contributed by atoms with van der Waals surface area (Å²) >= 11 is 1.77. The van der Waals surface area contributed by atoms with Crippen LogP contribution in [0.1, 0.15) is 23.7 Å². The zero-order valence-electron chi connectivity index (χ0n) is 12.3. The number of hydrogen-bond donors (Lipinski definition) is 0. The highest BCUT2D eigenvalue weighted by molar-refractivity contribution is 7.98. The van der Waals surface area contributed by atoms with Crippen molar-refractivity contribution >= 4 is 22.7 Å². The Hall–Kier alpha value is -1.87. The van der Waals surface area contributed by atoms with E-state index in [1.54, 1.807) is 11.8 Å². The zero-order chi connectivity index (χ0) is 14.7. The van der Waals surface area contributed by atoms with E-state index in [-0.39, 0.29) is 0 Å². The molecule has 2 aromatic heterocycles. The van der Waals surface area contributed by atoms with Crippen molar-refractivity contribution in [1.29, 1.82) is 0 Å². The van der Waals surface area contributed by atoms with Crippen molar-refractivity contribution in [2.24, 2.45) is 0 Å². The van der Waals surface area contributed by atoms with Gasteiger partial charge in [-0.2, -0.15) is 0 Å². The first-order chi connectivity index (χ1) is 10.3. The molecule has 106 valence electrons. The average Bonchev–Trinajstić information content (AvgIpc) is 2.53. The van der Waals surface area contributed by atoms with Crippen molar-refractivity contribution in [1.82, 2.24) is 9.97 Å². The summed E-state index contributed by atoms with van der Waals surface area (Å²) in [6.45, 7) is 4.29. The Balaban J connectivity index is 1.92. The normalized spacial score (nSPS) is 11.0. The summed E-state index contributed by atoms with van der Waals surface area (Å²) in [7, 11) is 0. The van der Waals surface area contributed by atoms with E-state index in [0.29, 0.717) is 0 Å². The first-order valence-corrected chi connectivity index (χ1v) is 8.18. The summed E-state index contributed by atoms with van der Waals surface area (Å²) in [4.78, 5) is 9.23. The smallest absolute Gasteiger partial charge is 0.100 e. The molecule has 3 aromatic rings. The van der Waals surface area contributed by atoms with E-state index in [2.05, 4.69) is 49.2 Å². The molecule has 0 unspecified atom stereocenters. The van der Waals surface area contributed by atoms with Crippen LogP contribution >= 0.6 is 11.8 Å². The Morgan fingerprint density at radius 2 is 2.00 bits per heavy atom. The van der Waals surface area contributed by atoms with Crippen molar-refractivity contribution < 1.29 is 0 Å². The Morgan fingerprint density at radius 1 is 1.10 bits per heavy atom. The molecule has 0 saturated heterocycles. The van der Waals surface area contributed by atoms with Crippen LogP contribution in [0.15, 0.2) is 53.7 Å². The lowest BCUT2D eigenvalue weighted by molar-refractivity contribution is 1.02. The van der Waals surface area contributed by atoms with Crippen LogP contribution in [0.25, 0.3) is 10.9 Å². The summed E-state index contributed by atoms with van der Waals surface area (Å²) in [6.07, 6.45) is 2.84. The van der Waals surface area contributed by atoms with Crippen LogP contribution in [0.2, 0.25) is 0 Å². The van der Waals surface area contributed by atoms with E-state index >= 15 is 0 Å².